The first-order chi connectivity index (χ1) is 13.1. The Bertz CT molecular complexity index is 727. The second-order valence-corrected chi connectivity index (χ2v) is 6.67. The van der Waals surface area contributed by atoms with Crippen molar-refractivity contribution in [2.45, 2.75) is 53.4 Å². The maximum Gasteiger partial charge on any atom is 0.0360 e. The molecule has 1 aromatic rings. The zero-order valence-corrected chi connectivity index (χ0v) is 17.5. The first-order valence-electron chi connectivity index (χ1n) is 10.0. The molecule has 0 aromatic heterocycles. The van der Waals surface area contributed by atoms with Crippen LogP contribution in [0.3, 0.4) is 0 Å². The van der Waals surface area contributed by atoms with E-state index in [0.29, 0.717) is 0 Å². The van der Waals surface area contributed by atoms with Crippen LogP contribution >= 0.6 is 0 Å². The van der Waals surface area contributed by atoms with Crippen molar-refractivity contribution in [1.29, 1.82) is 0 Å². The van der Waals surface area contributed by atoms with Gasteiger partial charge in [-0.25, -0.2) is 0 Å². The lowest BCUT2D eigenvalue weighted by Crippen LogP contribution is -1.95. The number of allylic oxidation sites excluding steroid dienone is 9. The summed E-state index contributed by atoms with van der Waals surface area (Å²) in [5.41, 5.74) is 6.41. The van der Waals surface area contributed by atoms with Gasteiger partial charge in [-0.1, -0.05) is 73.7 Å². The smallest absolute Gasteiger partial charge is 0.0360 e. The van der Waals surface area contributed by atoms with Crippen molar-refractivity contribution in [3.63, 3.8) is 0 Å². The molecular weight excluding hydrogens is 326 g/mol. The van der Waals surface area contributed by atoms with Crippen molar-refractivity contribution in [3.8, 4) is 0 Å². The average molecular weight is 362 g/mol. The van der Waals surface area contributed by atoms with Crippen molar-refractivity contribution in [2.75, 3.05) is 6.54 Å². The van der Waals surface area contributed by atoms with Gasteiger partial charge in [0, 0.05) is 12.8 Å². The first-order valence-corrected chi connectivity index (χ1v) is 10.0. The summed E-state index contributed by atoms with van der Waals surface area (Å²) in [4.78, 5) is 4.13. The molecule has 0 amide bonds. The largest absolute Gasteiger partial charge is 0.293 e. The van der Waals surface area contributed by atoms with Crippen LogP contribution in [0.15, 0.2) is 72.3 Å². The van der Waals surface area contributed by atoms with Gasteiger partial charge < -0.3 is 0 Å². The topological polar surface area (TPSA) is 12.4 Å². The number of rotatable bonds is 11. The maximum atomic E-state index is 4.27. The van der Waals surface area contributed by atoms with Gasteiger partial charge in [-0.2, -0.15) is 0 Å². The summed E-state index contributed by atoms with van der Waals surface area (Å²) in [6, 6.07) is 4.51. The lowest BCUT2D eigenvalue weighted by molar-refractivity contribution is 0.868. The standard InChI is InChI=1S/C26H35N/c1-6-25-21-22(3)20-24(5)26(25)23(4)18-16-14-12-10-8-9-11-13-15-17-19-27-7-2/h11-21H,4,6-10H2,1-3,5H3/b13-11+,14-12-,17-15-,18-16-,27-19?. The number of nitrogens with zero attached hydrogens (tertiary/aromatic N) is 1. The summed E-state index contributed by atoms with van der Waals surface area (Å²) in [6.45, 7) is 13.7. The monoisotopic (exact) mass is 361 g/mol. The Kier molecular flexibility index (Phi) is 11.5. The number of aliphatic imine (C=N–C) groups is 1. The molecule has 0 heterocycles. The number of aryl methyl sites for hydroxylation is 3. The summed E-state index contributed by atoms with van der Waals surface area (Å²) < 4.78 is 0. The molecule has 27 heavy (non-hydrogen) atoms. The van der Waals surface area contributed by atoms with Crippen LogP contribution in [0.2, 0.25) is 0 Å². The van der Waals surface area contributed by atoms with Crippen LogP contribution in [-0.4, -0.2) is 12.8 Å². The molecule has 0 saturated heterocycles. The van der Waals surface area contributed by atoms with Crippen molar-refractivity contribution in [1.82, 2.24) is 0 Å². The Balaban J connectivity index is 2.40. The van der Waals surface area contributed by atoms with E-state index in [-0.39, 0.29) is 0 Å². The minimum atomic E-state index is 0.840. The molecule has 0 unspecified atom stereocenters. The summed E-state index contributed by atoms with van der Waals surface area (Å²) in [5, 5.41) is 0. The minimum Gasteiger partial charge on any atom is -0.293 e. The van der Waals surface area contributed by atoms with Gasteiger partial charge in [0.1, 0.15) is 0 Å². The summed E-state index contributed by atoms with van der Waals surface area (Å²) in [5.74, 6) is 0. The third-order valence-corrected chi connectivity index (χ3v) is 4.28. The second-order valence-electron chi connectivity index (χ2n) is 6.67. The lowest BCUT2D eigenvalue weighted by atomic mass is 9.92. The molecule has 1 aromatic carbocycles. The highest BCUT2D eigenvalue weighted by molar-refractivity contribution is 5.77. The zero-order valence-electron chi connectivity index (χ0n) is 17.5. The quantitative estimate of drug-likeness (QED) is 0.222. The van der Waals surface area contributed by atoms with Gasteiger partial charge in [-0.15, -0.1) is 0 Å². The number of unbranched alkanes of at least 4 members (excludes halogenated alkanes) is 2. The Labute approximate surface area is 166 Å². The van der Waals surface area contributed by atoms with Crippen LogP contribution in [0.1, 0.15) is 55.4 Å². The van der Waals surface area contributed by atoms with Gasteiger partial charge in [-0.3, -0.25) is 4.99 Å². The predicted molar refractivity (Wildman–Crippen MR) is 124 cm³/mol. The molecule has 0 N–H and O–H groups in total. The summed E-state index contributed by atoms with van der Waals surface area (Å²) in [6.07, 6.45) is 23.1. The van der Waals surface area contributed by atoms with Crippen LogP contribution in [0.25, 0.3) is 5.57 Å². The normalized spacial score (nSPS) is 12.6. The number of hydrogen-bond acceptors (Lipinski definition) is 1. The molecule has 0 radical (unpaired) electrons. The van der Waals surface area contributed by atoms with Gasteiger partial charge in [0.2, 0.25) is 0 Å². The Morgan fingerprint density at radius 2 is 1.67 bits per heavy atom. The van der Waals surface area contributed by atoms with E-state index in [0.717, 1.165) is 37.8 Å². The maximum absolute atomic E-state index is 4.27. The van der Waals surface area contributed by atoms with Crippen LogP contribution in [-0.2, 0) is 6.42 Å². The van der Waals surface area contributed by atoms with Gasteiger partial charge in [0.15, 0.2) is 0 Å². The summed E-state index contributed by atoms with van der Waals surface area (Å²) >= 11 is 0. The van der Waals surface area contributed by atoms with Gasteiger partial charge >= 0.3 is 0 Å². The zero-order chi connectivity index (χ0) is 19.9. The molecule has 1 rings (SSSR count). The highest BCUT2D eigenvalue weighted by Crippen LogP contribution is 2.25. The van der Waals surface area contributed by atoms with Gasteiger partial charge in [0.25, 0.3) is 0 Å². The van der Waals surface area contributed by atoms with Crippen LogP contribution in [0.5, 0.6) is 0 Å². The van der Waals surface area contributed by atoms with Crippen LogP contribution < -0.4 is 0 Å². The van der Waals surface area contributed by atoms with E-state index in [9.17, 15) is 0 Å². The predicted octanol–water partition coefficient (Wildman–Crippen LogP) is 7.36. The third kappa shape index (κ3) is 9.19. The molecule has 144 valence electrons. The van der Waals surface area contributed by atoms with Crippen molar-refractivity contribution >= 4 is 11.8 Å². The van der Waals surface area contributed by atoms with Crippen molar-refractivity contribution in [2.24, 2.45) is 4.99 Å². The van der Waals surface area contributed by atoms with E-state index >= 15 is 0 Å². The van der Waals surface area contributed by atoms with Crippen molar-refractivity contribution in [3.05, 3.63) is 89.6 Å². The first kappa shape index (κ1) is 22.6. The molecule has 0 aliphatic rings. The molecule has 0 aliphatic carbocycles. The molecular formula is C26H35N. The van der Waals surface area contributed by atoms with E-state index in [1.54, 1.807) is 0 Å². The minimum absolute atomic E-state index is 0.840. The molecule has 1 heteroatoms. The molecule has 0 spiro atoms. The van der Waals surface area contributed by atoms with Crippen LogP contribution in [0, 0.1) is 13.8 Å². The Hall–Kier alpha value is -2.41. The summed E-state index contributed by atoms with van der Waals surface area (Å²) in [7, 11) is 0. The molecule has 0 fully saturated rings. The van der Waals surface area contributed by atoms with E-state index in [1.807, 2.05) is 25.3 Å². The number of hydrogen-bond donors (Lipinski definition) is 0. The molecule has 0 aliphatic heterocycles. The van der Waals surface area contributed by atoms with E-state index in [4.69, 9.17) is 0 Å². The second kappa shape index (κ2) is 13.7. The Morgan fingerprint density at radius 1 is 0.963 bits per heavy atom. The highest BCUT2D eigenvalue weighted by Gasteiger charge is 2.07. The van der Waals surface area contributed by atoms with E-state index in [2.05, 4.69) is 80.9 Å². The molecule has 1 nitrogen and oxygen atoms in total. The number of benzene rings is 1. The van der Waals surface area contributed by atoms with Gasteiger partial charge in [0.05, 0.1) is 0 Å². The lowest BCUT2D eigenvalue weighted by Gasteiger charge is -2.13. The molecule has 0 saturated carbocycles. The fourth-order valence-corrected chi connectivity index (χ4v) is 3.03. The fourth-order valence-electron chi connectivity index (χ4n) is 3.03. The highest BCUT2D eigenvalue weighted by atomic mass is 14.7. The van der Waals surface area contributed by atoms with Gasteiger partial charge in [-0.05, 0) is 74.8 Å². The Morgan fingerprint density at radius 3 is 2.33 bits per heavy atom. The van der Waals surface area contributed by atoms with E-state index in [1.165, 1.54) is 22.3 Å². The third-order valence-electron chi connectivity index (χ3n) is 4.28. The molecule has 0 atom stereocenters. The SMILES string of the molecule is C=C(/C=C\C=C/CCC/C=C/C=C\C=NCC)c1c(C)cc(C)cc1CC. The van der Waals surface area contributed by atoms with E-state index < -0.39 is 0 Å². The van der Waals surface area contributed by atoms with Crippen LogP contribution in [0.4, 0.5) is 0 Å². The fraction of sp³-hybridized carbons (Fsp3) is 0.346. The molecule has 0 bridgehead atoms. The van der Waals surface area contributed by atoms with Crippen molar-refractivity contribution < 1.29 is 0 Å². The average Bonchev–Trinajstić information content (AvgIpc) is 2.64.